The van der Waals surface area contributed by atoms with E-state index in [1.807, 2.05) is 0 Å². The summed E-state index contributed by atoms with van der Waals surface area (Å²) in [4.78, 5) is 37.6. The van der Waals surface area contributed by atoms with Gasteiger partial charge in [-0.15, -0.1) is 0 Å². The standard InChI is InChI=1S/C21H19FN2O6/c22-15-3-1-2-4-16(15)24-10-14(8-20(24)26)21(27)28-11-19(25)23-9-13-5-6-17-18(7-13)30-12-29-17/h1-7,14H,8-12H2,(H,23,25)/t14-/m1/s1. The number of fused-ring (bicyclic) bond motifs is 1. The molecule has 0 aromatic heterocycles. The molecule has 2 aromatic carbocycles. The molecular weight excluding hydrogens is 395 g/mol. The van der Waals surface area contributed by atoms with Crippen molar-refractivity contribution in [1.82, 2.24) is 5.32 Å². The Hall–Kier alpha value is -3.62. The third-order valence-corrected chi connectivity index (χ3v) is 4.87. The van der Waals surface area contributed by atoms with E-state index in [2.05, 4.69) is 5.32 Å². The molecular formula is C21H19FN2O6. The Balaban J connectivity index is 1.25. The number of rotatable bonds is 6. The summed E-state index contributed by atoms with van der Waals surface area (Å²) in [6.07, 6.45) is -0.0913. The van der Waals surface area contributed by atoms with Crippen LogP contribution in [0, 0.1) is 11.7 Å². The lowest BCUT2D eigenvalue weighted by Gasteiger charge is -2.17. The fourth-order valence-corrected chi connectivity index (χ4v) is 3.33. The van der Waals surface area contributed by atoms with Crippen LogP contribution in [-0.2, 0) is 25.7 Å². The van der Waals surface area contributed by atoms with Crippen LogP contribution in [0.5, 0.6) is 11.5 Å². The second-order valence-corrected chi connectivity index (χ2v) is 6.93. The summed E-state index contributed by atoms with van der Waals surface area (Å²) in [7, 11) is 0. The average molecular weight is 414 g/mol. The summed E-state index contributed by atoms with van der Waals surface area (Å²) in [5.41, 5.74) is 0.931. The maximum Gasteiger partial charge on any atom is 0.311 e. The molecule has 0 saturated carbocycles. The molecule has 30 heavy (non-hydrogen) atoms. The number of nitrogens with one attached hydrogen (secondary N) is 1. The van der Waals surface area contributed by atoms with Gasteiger partial charge in [0.15, 0.2) is 18.1 Å². The van der Waals surface area contributed by atoms with Crippen LogP contribution < -0.4 is 19.7 Å². The summed E-state index contributed by atoms with van der Waals surface area (Å²) in [6.45, 7) is -0.0553. The zero-order valence-corrected chi connectivity index (χ0v) is 15.9. The fraction of sp³-hybridized carbons (Fsp3) is 0.286. The first-order valence-corrected chi connectivity index (χ1v) is 9.38. The van der Waals surface area contributed by atoms with Gasteiger partial charge >= 0.3 is 5.97 Å². The minimum Gasteiger partial charge on any atom is -0.455 e. The Morgan fingerprint density at radius 3 is 2.80 bits per heavy atom. The average Bonchev–Trinajstić information content (AvgIpc) is 3.37. The highest BCUT2D eigenvalue weighted by atomic mass is 19.1. The summed E-state index contributed by atoms with van der Waals surface area (Å²) < 4.78 is 29.5. The highest BCUT2D eigenvalue weighted by Gasteiger charge is 2.37. The minimum absolute atomic E-state index is 0.0113. The predicted octanol–water partition coefficient (Wildman–Crippen LogP) is 1.77. The van der Waals surface area contributed by atoms with Crippen molar-refractivity contribution in [2.24, 2.45) is 5.92 Å². The van der Waals surface area contributed by atoms with Gasteiger partial charge in [0, 0.05) is 19.5 Å². The molecule has 1 atom stereocenters. The zero-order valence-electron chi connectivity index (χ0n) is 15.9. The lowest BCUT2D eigenvalue weighted by atomic mass is 10.1. The van der Waals surface area contributed by atoms with Crippen molar-refractivity contribution in [2.75, 3.05) is 24.8 Å². The molecule has 0 spiro atoms. The summed E-state index contributed by atoms with van der Waals surface area (Å²) in [6, 6.07) is 11.2. The Bertz CT molecular complexity index is 995. The van der Waals surface area contributed by atoms with Gasteiger partial charge in [-0.1, -0.05) is 18.2 Å². The van der Waals surface area contributed by atoms with Crippen molar-refractivity contribution in [3.63, 3.8) is 0 Å². The lowest BCUT2D eigenvalue weighted by Crippen LogP contribution is -2.31. The molecule has 2 aliphatic rings. The van der Waals surface area contributed by atoms with Crippen LogP contribution in [0.3, 0.4) is 0 Å². The molecule has 2 aliphatic heterocycles. The van der Waals surface area contributed by atoms with Crippen molar-refractivity contribution in [1.29, 1.82) is 0 Å². The number of hydrogen-bond acceptors (Lipinski definition) is 6. The molecule has 2 heterocycles. The van der Waals surface area contributed by atoms with Crippen molar-refractivity contribution < 1.29 is 33.0 Å². The molecule has 1 saturated heterocycles. The number of esters is 1. The lowest BCUT2D eigenvalue weighted by molar-refractivity contribution is -0.152. The first-order valence-electron chi connectivity index (χ1n) is 9.38. The van der Waals surface area contributed by atoms with E-state index in [9.17, 15) is 18.8 Å². The zero-order chi connectivity index (χ0) is 21.1. The van der Waals surface area contributed by atoms with Crippen LogP contribution in [0.25, 0.3) is 0 Å². The van der Waals surface area contributed by atoms with Crippen molar-refractivity contribution >= 4 is 23.5 Å². The maximum atomic E-state index is 13.9. The quantitative estimate of drug-likeness (QED) is 0.724. The van der Waals surface area contributed by atoms with Gasteiger partial charge in [-0.25, -0.2) is 4.39 Å². The molecule has 1 fully saturated rings. The number of amides is 2. The van der Waals surface area contributed by atoms with Crippen LogP contribution in [0.4, 0.5) is 10.1 Å². The Kier molecular flexibility index (Phi) is 5.51. The molecule has 2 amide bonds. The van der Waals surface area contributed by atoms with Gasteiger partial charge in [-0.3, -0.25) is 14.4 Å². The van der Waals surface area contributed by atoms with Gasteiger partial charge in [0.25, 0.3) is 5.91 Å². The third kappa shape index (κ3) is 4.19. The van der Waals surface area contributed by atoms with E-state index in [1.165, 1.54) is 23.1 Å². The number of halogens is 1. The molecule has 0 bridgehead atoms. The molecule has 9 heteroatoms. The molecule has 2 aromatic rings. The number of carbonyl (C=O) groups is 3. The molecule has 156 valence electrons. The number of benzene rings is 2. The molecule has 0 aliphatic carbocycles. The Labute approximate surface area is 171 Å². The van der Waals surface area contributed by atoms with Crippen molar-refractivity contribution in [3.05, 3.63) is 53.8 Å². The summed E-state index contributed by atoms with van der Waals surface area (Å²) in [5.74, 6) is -1.54. The summed E-state index contributed by atoms with van der Waals surface area (Å²) in [5, 5.41) is 2.65. The van der Waals surface area contributed by atoms with E-state index < -0.39 is 30.2 Å². The predicted molar refractivity (Wildman–Crippen MR) is 102 cm³/mol. The number of carbonyl (C=O) groups excluding carboxylic acids is 3. The van der Waals surface area contributed by atoms with Crippen molar-refractivity contribution in [3.8, 4) is 11.5 Å². The number of para-hydroxylation sites is 1. The van der Waals surface area contributed by atoms with E-state index in [0.717, 1.165) is 5.56 Å². The maximum absolute atomic E-state index is 13.9. The van der Waals surface area contributed by atoms with E-state index in [4.69, 9.17) is 14.2 Å². The molecule has 0 radical (unpaired) electrons. The van der Waals surface area contributed by atoms with Crippen LogP contribution in [0.2, 0.25) is 0 Å². The number of nitrogens with zero attached hydrogens (tertiary/aromatic N) is 1. The number of ether oxygens (including phenoxy) is 3. The smallest absolute Gasteiger partial charge is 0.311 e. The SMILES string of the molecule is O=C(COC(=O)[C@@H]1CC(=O)N(c2ccccc2F)C1)NCc1ccc2c(c1)OCO2. The molecule has 0 unspecified atom stereocenters. The largest absolute Gasteiger partial charge is 0.455 e. The third-order valence-electron chi connectivity index (χ3n) is 4.87. The highest BCUT2D eigenvalue weighted by Crippen LogP contribution is 2.32. The van der Waals surface area contributed by atoms with Crippen LogP contribution in [0.15, 0.2) is 42.5 Å². The Morgan fingerprint density at radius 1 is 1.17 bits per heavy atom. The van der Waals surface area contributed by atoms with Gasteiger partial charge in [-0.05, 0) is 29.8 Å². The van der Waals surface area contributed by atoms with Gasteiger partial charge in [0.2, 0.25) is 12.7 Å². The van der Waals surface area contributed by atoms with E-state index in [-0.39, 0.29) is 37.9 Å². The summed E-state index contributed by atoms with van der Waals surface area (Å²) >= 11 is 0. The number of anilines is 1. The van der Waals surface area contributed by atoms with Crippen LogP contribution in [-0.4, -0.2) is 37.7 Å². The van der Waals surface area contributed by atoms with E-state index in [0.29, 0.717) is 11.5 Å². The van der Waals surface area contributed by atoms with E-state index >= 15 is 0 Å². The first kappa shape index (κ1) is 19.7. The monoisotopic (exact) mass is 414 g/mol. The Morgan fingerprint density at radius 2 is 1.97 bits per heavy atom. The van der Waals surface area contributed by atoms with Crippen molar-refractivity contribution in [2.45, 2.75) is 13.0 Å². The normalized spacial score (nSPS) is 17.2. The first-order chi connectivity index (χ1) is 14.5. The van der Waals surface area contributed by atoms with Crippen LogP contribution in [0.1, 0.15) is 12.0 Å². The molecule has 8 nitrogen and oxygen atoms in total. The molecule has 4 rings (SSSR count). The van der Waals surface area contributed by atoms with Gasteiger partial charge in [-0.2, -0.15) is 0 Å². The number of hydrogen-bond donors (Lipinski definition) is 1. The van der Waals surface area contributed by atoms with Gasteiger partial charge in [0.1, 0.15) is 5.82 Å². The second kappa shape index (κ2) is 8.40. The van der Waals surface area contributed by atoms with Gasteiger partial charge in [0.05, 0.1) is 11.6 Å². The van der Waals surface area contributed by atoms with Gasteiger partial charge < -0.3 is 24.4 Å². The topological polar surface area (TPSA) is 94.2 Å². The van der Waals surface area contributed by atoms with Crippen LogP contribution >= 0.6 is 0 Å². The highest BCUT2D eigenvalue weighted by molar-refractivity contribution is 5.99. The minimum atomic E-state index is -0.751. The fourth-order valence-electron chi connectivity index (χ4n) is 3.33. The van der Waals surface area contributed by atoms with E-state index in [1.54, 1.807) is 24.3 Å². The molecule has 1 N–H and O–H groups in total. The second-order valence-electron chi connectivity index (χ2n) is 6.93.